The maximum absolute atomic E-state index is 13.7. The number of nitrogens with one attached hydrogen (secondary N) is 2. The molecule has 0 fully saturated rings. The van der Waals surface area contributed by atoms with Crippen molar-refractivity contribution in [2.24, 2.45) is 5.92 Å². The topological polar surface area (TPSA) is 88.9 Å². The van der Waals surface area contributed by atoms with Crippen molar-refractivity contribution >= 4 is 23.2 Å². The van der Waals surface area contributed by atoms with Crippen LogP contribution < -0.4 is 10.6 Å². The largest absolute Gasteiger partial charge is 0.435 e. The number of carbonyl (C=O) groups excluding carboxylic acids is 2. The molecule has 7 nitrogen and oxygen atoms in total. The van der Waals surface area contributed by atoms with Gasteiger partial charge in [-0.25, -0.2) is 9.07 Å². The average Bonchev–Trinajstić information content (AvgIpc) is 3.14. The van der Waals surface area contributed by atoms with E-state index in [1.54, 1.807) is 19.9 Å². The quantitative estimate of drug-likeness (QED) is 0.586. The molecule has 31 heavy (non-hydrogen) atoms. The standard InChI is InChI=1S/C20H17F4N5O2/c1-11(2)18(30)25-13-4-3-5-14(10-13)26-19(31)16-17(20(22,23)24)29(28-27-16)15-8-6-12(21)7-9-15/h3-11H,1-2H3,(H,25,30)(H,26,31). The van der Waals surface area contributed by atoms with Crippen molar-refractivity contribution in [2.75, 3.05) is 10.6 Å². The second-order valence-corrected chi connectivity index (χ2v) is 6.85. The van der Waals surface area contributed by atoms with E-state index in [1.165, 1.54) is 18.2 Å². The molecule has 3 rings (SSSR count). The molecule has 1 aromatic heterocycles. The van der Waals surface area contributed by atoms with E-state index in [4.69, 9.17) is 0 Å². The Bertz CT molecular complexity index is 1110. The van der Waals surface area contributed by atoms with Gasteiger partial charge in [-0.15, -0.1) is 5.10 Å². The highest BCUT2D eigenvalue weighted by Gasteiger charge is 2.42. The highest BCUT2D eigenvalue weighted by Crippen LogP contribution is 2.33. The molecule has 0 aliphatic carbocycles. The summed E-state index contributed by atoms with van der Waals surface area (Å²) in [5.74, 6) is -2.33. The third-order valence-electron chi connectivity index (χ3n) is 4.14. The van der Waals surface area contributed by atoms with Crippen LogP contribution in [0.1, 0.15) is 30.0 Å². The van der Waals surface area contributed by atoms with E-state index < -0.39 is 29.3 Å². The number of halogens is 4. The monoisotopic (exact) mass is 435 g/mol. The van der Waals surface area contributed by atoms with Crippen molar-refractivity contribution in [3.63, 3.8) is 0 Å². The van der Waals surface area contributed by atoms with Crippen LogP contribution in [0.3, 0.4) is 0 Å². The maximum atomic E-state index is 13.7. The smallest absolute Gasteiger partial charge is 0.326 e. The first-order valence-electron chi connectivity index (χ1n) is 9.07. The molecule has 1 heterocycles. The molecular weight excluding hydrogens is 418 g/mol. The summed E-state index contributed by atoms with van der Waals surface area (Å²) >= 11 is 0. The number of rotatable bonds is 5. The molecule has 0 unspecified atom stereocenters. The number of benzene rings is 2. The summed E-state index contributed by atoms with van der Waals surface area (Å²) in [5.41, 5.74) is -1.95. The summed E-state index contributed by atoms with van der Waals surface area (Å²) in [6.45, 7) is 3.40. The van der Waals surface area contributed by atoms with Gasteiger partial charge >= 0.3 is 6.18 Å². The summed E-state index contributed by atoms with van der Waals surface area (Å²) in [7, 11) is 0. The third-order valence-corrected chi connectivity index (χ3v) is 4.14. The number of alkyl halides is 3. The SMILES string of the molecule is CC(C)C(=O)Nc1cccc(NC(=O)c2nnn(-c3ccc(F)cc3)c2C(F)(F)F)c1. The molecule has 3 aromatic rings. The molecule has 0 aliphatic rings. The summed E-state index contributed by atoms with van der Waals surface area (Å²) in [4.78, 5) is 24.4. The molecule has 162 valence electrons. The van der Waals surface area contributed by atoms with Gasteiger partial charge in [0.25, 0.3) is 5.91 Å². The normalized spacial score (nSPS) is 11.5. The highest BCUT2D eigenvalue weighted by atomic mass is 19.4. The van der Waals surface area contributed by atoms with Crippen LogP contribution in [0.2, 0.25) is 0 Å². The molecule has 0 spiro atoms. The van der Waals surface area contributed by atoms with Gasteiger partial charge in [0.15, 0.2) is 11.4 Å². The van der Waals surface area contributed by atoms with E-state index in [9.17, 15) is 27.2 Å². The fourth-order valence-corrected chi connectivity index (χ4v) is 2.60. The van der Waals surface area contributed by atoms with E-state index in [-0.39, 0.29) is 23.2 Å². The van der Waals surface area contributed by atoms with Crippen LogP contribution in [0.25, 0.3) is 5.69 Å². The number of nitrogens with zero attached hydrogens (tertiary/aromatic N) is 3. The molecule has 11 heteroatoms. The summed E-state index contributed by atoms with van der Waals surface area (Å²) in [6.07, 6.45) is -4.96. The van der Waals surface area contributed by atoms with E-state index in [2.05, 4.69) is 20.9 Å². The Kier molecular flexibility index (Phi) is 6.04. The van der Waals surface area contributed by atoms with E-state index in [1.807, 2.05) is 0 Å². The van der Waals surface area contributed by atoms with Crippen LogP contribution in [0.5, 0.6) is 0 Å². The van der Waals surface area contributed by atoms with Gasteiger partial charge in [0.1, 0.15) is 5.82 Å². The van der Waals surface area contributed by atoms with Crippen molar-refractivity contribution in [3.8, 4) is 5.69 Å². The van der Waals surface area contributed by atoms with Crippen molar-refractivity contribution < 1.29 is 27.2 Å². The van der Waals surface area contributed by atoms with Crippen LogP contribution in [-0.2, 0) is 11.0 Å². The first kappa shape index (κ1) is 21.9. The fraction of sp³-hybridized carbons (Fsp3) is 0.200. The molecule has 0 saturated carbocycles. The number of hydrogen-bond donors (Lipinski definition) is 2. The van der Waals surface area contributed by atoms with Crippen molar-refractivity contribution in [3.05, 3.63) is 65.7 Å². The Morgan fingerprint density at radius 1 is 1.00 bits per heavy atom. The molecular formula is C20H17F4N5O2. The van der Waals surface area contributed by atoms with E-state index >= 15 is 0 Å². The first-order valence-corrected chi connectivity index (χ1v) is 9.07. The second-order valence-electron chi connectivity index (χ2n) is 6.85. The van der Waals surface area contributed by atoms with Gasteiger partial charge in [-0.05, 0) is 42.5 Å². The lowest BCUT2D eigenvalue weighted by Gasteiger charge is -2.12. The highest BCUT2D eigenvalue weighted by molar-refractivity contribution is 6.04. The minimum Gasteiger partial charge on any atom is -0.326 e. The zero-order chi connectivity index (χ0) is 22.8. The molecule has 0 saturated heterocycles. The maximum Gasteiger partial charge on any atom is 0.435 e. The lowest BCUT2D eigenvalue weighted by Crippen LogP contribution is -2.21. The van der Waals surface area contributed by atoms with Gasteiger partial charge in [-0.2, -0.15) is 13.2 Å². The minimum atomic E-state index is -4.96. The van der Waals surface area contributed by atoms with Crippen LogP contribution in [0, 0.1) is 11.7 Å². The zero-order valence-corrected chi connectivity index (χ0v) is 16.4. The molecule has 2 aromatic carbocycles. The Balaban J connectivity index is 1.90. The average molecular weight is 435 g/mol. The first-order chi connectivity index (χ1) is 14.6. The lowest BCUT2D eigenvalue weighted by atomic mass is 10.2. The summed E-state index contributed by atoms with van der Waals surface area (Å²) < 4.78 is 54.6. The summed E-state index contributed by atoms with van der Waals surface area (Å²) in [5, 5.41) is 11.8. The molecule has 0 radical (unpaired) electrons. The van der Waals surface area contributed by atoms with Crippen LogP contribution in [0.4, 0.5) is 28.9 Å². The van der Waals surface area contributed by atoms with E-state index in [0.717, 1.165) is 24.3 Å². The Morgan fingerprint density at radius 2 is 1.61 bits per heavy atom. The number of amides is 2. The molecule has 2 N–H and O–H groups in total. The van der Waals surface area contributed by atoms with Crippen molar-refractivity contribution in [1.29, 1.82) is 0 Å². The number of hydrogen-bond acceptors (Lipinski definition) is 4. The van der Waals surface area contributed by atoms with Gasteiger partial charge in [-0.1, -0.05) is 25.1 Å². The van der Waals surface area contributed by atoms with Crippen LogP contribution >= 0.6 is 0 Å². The third kappa shape index (κ3) is 5.05. The minimum absolute atomic E-state index is 0.112. The van der Waals surface area contributed by atoms with Gasteiger partial charge in [0, 0.05) is 17.3 Å². The predicted octanol–water partition coefficient (Wildman–Crippen LogP) is 4.27. The lowest BCUT2D eigenvalue weighted by molar-refractivity contribution is -0.143. The number of aromatic nitrogens is 3. The van der Waals surface area contributed by atoms with Gasteiger partial charge < -0.3 is 10.6 Å². The number of carbonyl (C=O) groups is 2. The second kappa shape index (κ2) is 8.54. The molecule has 0 atom stereocenters. The van der Waals surface area contributed by atoms with Crippen molar-refractivity contribution in [1.82, 2.24) is 15.0 Å². The van der Waals surface area contributed by atoms with Crippen molar-refractivity contribution in [2.45, 2.75) is 20.0 Å². The summed E-state index contributed by atoms with van der Waals surface area (Å²) in [6, 6.07) is 10.0. The van der Waals surface area contributed by atoms with Crippen LogP contribution in [-0.4, -0.2) is 26.8 Å². The van der Waals surface area contributed by atoms with Gasteiger partial charge in [-0.3, -0.25) is 9.59 Å². The van der Waals surface area contributed by atoms with Gasteiger partial charge in [0.05, 0.1) is 5.69 Å². The predicted molar refractivity (Wildman–Crippen MR) is 104 cm³/mol. The molecule has 2 amide bonds. The Labute approximate surface area is 174 Å². The van der Waals surface area contributed by atoms with Crippen LogP contribution in [0.15, 0.2) is 48.5 Å². The van der Waals surface area contributed by atoms with E-state index in [0.29, 0.717) is 10.4 Å². The fourth-order valence-electron chi connectivity index (χ4n) is 2.60. The molecule has 0 aliphatic heterocycles. The molecule has 0 bridgehead atoms. The zero-order valence-electron chi connectivity index (χ0n) is 16.4. The van der Waals surface area contributed by atoms with Gasteiger partial charge in [0.2, 0.25) is 5.91 Å². The number of anilines is 2. The Hall–Kier alpha value is -3.76. The Morgan fingerprint density at radius 3 is 2.19 bits per heavy atom.